The van der Waals surface area contributed by atoms with Gasteiger partial charge in [-0.15, -0.1) is 0 Å². The second kappa shape index (κ2) is 8.11. The number of anilines is 3. The Morgan fingerprint density at radius 2 is 1.10 bits per heavy atom. The highest BCUT2D eigenvalue weighted by Crippen LogP contribution is 2.18. The molecule has 10 heteroatoms. The molecule has 0 unspecified atom stereocenters. The van der Waals surface area contributed by atoms with E-state index in [1.54, 1.807) is 0 Å². The zero-order chi connectivity index (χ0) is 15.8. The molecule has 1 aromatic rings. The summed E-state index contributed by atoms with van der Waals surface area (Å²) in [6, 6.07) is 0. The number of rotatable bonds is 9. The molecule has 0 aliphatic heterocycles. The van der Waals surface area contributed by atoms with Crippen molar-refractivity contribution in [1.29, 1.82) is 0 Å². The minimum atomic E-state index is -0.528. The van der Waals surface area contributed by atoms with Crippen LogP contribution in [-0.4, -0.2) is 62.3 Å². The van der Waals surface area contributed by atoms with Crippen molar-refractivity contribution < 1.29 is 20.4 Å². The second-order valence-corrected chi connectivity index (χ2v) is 3.65. The van der Waals surface area contributed by atoms with E-state index >= 15 is 0 Å². The lowest BCUT2D eigenvalue weighted by molar-refractivity contribution is 0.220. The van der Waals surface area contributed by atoms with E-state index in [1.807, 2.05) is 0 Å². The lowest BCUT2D eigenvalue weighted by atomic mass is 10.6. The summed E-state index contributed by atoms with van der Waals surface area (Å²) in [6.07, 6.45) is 2.59. The molecule has 4 N–H and O–H groups in total. The SMILES string of the molecule is C=CN(CO)c1nc(N(C=C)CO)nc(N(CO)CO)n1. The van der Waals surface area contributed by atoms with E-state index in [4.69, 9.17) is 10.2 Å². The topological polar surface area (TPSA) is 129 Å². The first-order valence-electron chi connectivity index (χ1n) is 5.88. The van der Waals surface area contributed by atoms with Crippen molar-refractivity contribution in [2.45, 2.75) is 0 Å². The summed E-state index contributed by atoms with van der Waals surface area (Å²) in [6.45, 7) is 5.09. The summed E-state index contributed by atoms with van der Waals surface area (Å²) >= 11 is 0. The van der Waals surface area contributed by atoms with Gasteiger partial charge in [0.1, 0.15) is 26.9 Å². The molecule has 116 valence electrons. The molecule has 0 amide bonds. The Labute approximate surface area is 121 Å². The van der Waals surface area contributed by atoms with Crippen LogP contribution in [0.3, 0.4) is 0 Å². The maximum Gasteiger partial charge on any atom is 0.237 e. The van der Waals surface area contributed by atoms with E-state index in [1.165, 1.54) is 22.2 Å². The van der Waals surface area contributed by atoms with Crippen LogP contribution in [0.25, 0.3) is 0 Å². The van der Waals surface area contributed by atoms with Crippen LogP contribution in [0.2, 0.25) is 0 Å². The predicted molar refractivity (Wildman–Crippen MR) is 76.0 cm³/mol. The van der Waals surface area contributed by atoms with Crippen molar-refractivity contribution in [2.24, 2.45) is 0 Å². The quantitative estimate of drug-likeness (QED) is 0.394. The molecule has 0 bridgehead atoms. The normalized spacial score (nSPS) is 10.1. The second-order valence-electron chi connectivity index (χ2n) is 3.65. The van der Waals surface area contributed by atoms with Gasteiger partial charge >= 0.3 is 0 Å². The number of hydrogen-bond donors (Lipinski definition) is 4. The number of nitrogens with zero attached hydrogens (tertiary/aromatic N) is 6. The van der Waals surface area contributed by atoms with Crippen molar-refractivity contribution in [3.63, 3.8) is 0 Å². The van der Waals surface area contributed by atoms with E-state index in [0.29, 0.717) is 0 Å². The Bertz CT molecular complexity index is 448. The minimum absolute atomic E-state index is 0.0275. The number of aliphatic hydroxyl groups is 4. The Balaban J connectivity index is 3.37. The van der Waals surface area contributed by atoms with Crippen molar-refractivity contribution >= 4 is 17.8 Å². The molecular formula is C11H18N6O4. The van der Waals surface area contributed by atoms with Crippen molar-refractivity contribution in [1.82, 2.24) is 15.0 Å². The Kier molecular flexibility index (Phi) is 6.49. The third-order valence-electron chi connectivity index (χ3n) is 2.48. The molecule has 21 heavy (non-hydrogen) atoms. The molecule has 1 aromatic heterocycles. The van der Waals surface area contributed by atoms with Gasteiger partial charge in [0.05, 0.1) is 0 Å². The fourth-order valence-electron chi connectivity index (χ4n) is 1.32. The van der Waals surface area contributed by atoms with Crippen LogP contribution in [0.15, 0.2) is 25.6 Å². The first-order chi connectivity index (χ1) is 10.1. The van der Waals surface area contributed by atoms with E-state index in [-0.39, 0.29) is 17.8 Å². The summed E-state index contributed by atoms with van der Waals surface area (Å²) in [5, 5.41) is 36.8. The first kappa shape index (κ1) is 16.8. The third kappa shape index (κ3) is 3.86. The highest BCUT2D eigenvalue weighted by atomic mass is 16.3. The fraction of sp³-hybridized carbons (Fsp3) is 0.364. The van der Waals surface area contributed by atoms with Gasteiger partial charge in [-0.3, -0.25) is 14.7 Å². The Hall–Kier alpha value is -2.27. The van der Waals surface area contributed by atoms with Crippen LogP contribution in [0, 0.1) is 0 Å². The molecule has 0 saturated heterocycles. The van der Waals surface area contributed by atoms with Crippen LogP contribution in [0.1, 0.15) is 0 Å². The Morgan fingerprint density at radius 3 is 1.38 bits per heavy atom. The van der Waals surface area contributed by atoms with E-state index < -0.39 is 26.9 Å². The standard InChI is InChI=1S/C11H18N6O4/c1-3-15(5-18)9-12-10(16(4-2)6-19)14-11(13-9)17(7-20)8-21/h3-4,18-21H,1-2,5-8H2. The van der Waals surface area contributed by atoms with Gasteiger partial charge in [0.2, 0.25) is 17.8 Å². The third-order valence-corrected chi connectivity index (χ3v) is 2.48. The first-order valence-corrected chi connectivity index (χ1v) is 5.88. The molecule has 0 aromatic carbocycles. The highest BCUT2D eigenvalue weighted by molar-refractivity contribution is 5.48. The number of aromatic nitrogens is 3. The maximum atomic E-state index is 9.23. The monoisotopic (exact) mass is 298 g/mol. The van der Waals surface area contributed by atoms with Gasteiger partial charge < -0.3 is 20.4 Å². The number of aliphatic hydroxyl groups excluding tert-OH is 4. The van der Waals surface area contributed by atoms with Crippen molar-refractivity contribution in [3.05, 3.63) is 25.6 Å². The molecule has 0 spiro atoms. The minimum Gasteiger partial charge on any atom is -0.376 e. The van der Waals surface area contributed by atoms with Crippen LogP contribution < -0.4 is 14.7 Å². The molecule has 1 rings (SSSR count). The van der Waals surface area contributed by atoms with Crippen LogP contribution >= 0.6 is 0 Å². The molecule has 0 aliphatic carbocycles. The van der Waals surface area contributed by atoms with Crippen LogP contribution in [-0.2, 0) is 0 Å². The fourth-order valence-corrected chi connectivity index (χ4v) is 1.32. The maximum absolute atomic E-state index is 9.23. The van der Waals surface area contributed by atoms with E-state index in [9.17, 15) is 10.2 Å². The van der Waals surface area contributed by atoms with Gasteiger partial charge in [-0.2, -0.15) is 15.0 Å². The average Bonchev–Trinajstić information content (AvgIpc) is 2.51. The average molecular weight is 298 g/mol. The van der Waals surface area contributed by atoms with Crippen LogP contribution in [0.4, 0.5) is 17.8 Å². The lowest BCUT2D eigenvalue weighted by Gasteiger charge is -2.23. The summed E-state index contributed by atoms with van der Waals surface area (Å²) in [5.74, 6) is 0.0139. The van der Waals surface area contributed by atoms with Gasteiger partial charge in [-0.05, 0) is 0 Å². The smallest absolute Gasteiger partial charge is 0.237 e. The van der Waals surface area contributed by atoms with Gasteiger partial charge in [0.15, 0.2) is 0 Å². The van der Waals surface area contributed by atoms with Gasteiger partial charge in [-0.25, -0.2) is 0 Å². The predicted octanol–water partition coefficient (Wildman–Crippen LogP) is -1.62. The molecular weight excluding hydrogens is 280 g/mol. The van der Waals surface area contributed by atoms with Crippen LogP contribution in [0.5, 0.6) is 0 Å². The van der Waals surface area contributed by atoms with Crippen molar-refractivity contribution in [2.75, 3.05) is 41.6 Å². The zero-order valence-corrected chi connectivity index (χ0v) is 11.4. The molecule has 0 aliphatic rings. The molecule has 10 nitrogen and oxygen atoms in total. The van der Waals surface area contributed by atoms with Gasteiger partial charge in [-0.1, -0.05) is 13.2 Å². The Morgan fingerprint density at radius 1 is 0.714 bits per heavy atom. The van der Waals surface area contributed by atoms with Gasteiger partial charge in [0.25, 0.3) is 0 Å². The van der Waals surface area contributed by atoms with Crippen molar-refractivity contribution in [3.8, 4) is 0 Å². The molecule has 0 saturated carbocycles. The number of hydrogen-bond acceptors (Lipinski definition) is 10. The summed E-state index contributed by atoms with van der Waals surface area (Å²) in [5.41, 5.74) is 0. The molecule has 1 heterocycles. The molecule has 0 radical (unpaired) electrons. The molecule has 0 atom stereocenters. The largest absolute Gasteiger partial charge is 0.376 e. The van der Waals surface area contributed by atoms with E-state index in [0.717, 1.165) is 4.90 Å². The van der Waals surface area contributed by atoms with E-state index in [2.05, 4.69) is 28.1 Å². The summed E-state index contributed by atoms with van der Waals surface area (Å²) in [4.78, 5) is 15.5. The molecule has 0 fully saturated rings. The summed E-state index contributed by atoms with van der Waals surface area (Å²) < 4.78 is 0. The van der Waals surface area contributed by atoms with Gasteiger partial charge in [0, 0.05) is 12.4 Å². The highest BCUT2D eigenvalue weighted by Gasteiger charge is 2.17. The lowest BCUT2D eigenvalue weighted by Crippen LogP contribution is -2.30. The summed E-state index contributed by atoms with van der Waals surface area (Å²) in [7, 11) is 0. The zero-order valence-electron chi connectivity index (χ0n) is 11.4.